The third-order valence-corrected chi connectivity index (χ3v) is 4.05. The third kappa shape index (κ3) is 2.24. The Morgan fingerprint density at radius 1 is 1.40 bits per heavy atom. The molecule has 104 valence electrons. The van der Waals surface area contributed by atoms with E-state index in [0.717, 1.165) is 42.9 Å². The maximum absolute atomic E-state index is 11.2. The lowest BCUT2D eigenvalue weighted by molar-refractivity contribution is -0.775. The van der Waals surface area contributed by atoms with Crippen LogP contribution in [0.2, 0.25) is 10.0 Å². The lowest BCUT2D eigenvalue weighted by atomic mass is 10.0. The lowest BCUT2D eigenvalue weighted by Gasteiger charge is -2.29. The van der Waals surface area contributed by atoms with Crippen LogP contribution in [-0.4, -0.2) is 30.4 Å². The molecule has 1 fully saturated rings. The van der Waals surface area contributed by atoms with Gasteiger partial charge in [-0.3, -0.25) is 0 Å². The third-order valence-electron chi connectivity index (χ3n) is 3.51. The molecule has 1 aromatic rings. The van der Waals surface area contributed by atoms with E-state index in [4.69, 9.17) is 23.2 Å². The molecule has 1 unspecified atom stereocenters. The van der Waals surface area contributed by atoms with Crippen LogP contribution in [0.4, 0.5) is 5.69 Å². The van der Waals surface area contributed by atoms with Crippen molar-refractivity contribution in [3.05, 3.63) is 40.0 Å². The number of amides is 1. The van der Waals surface area contributed by atoms with Crippen LogP contribution < -0.4 is 4.90 Å². The molecule has 4 nitrogen and oxygen atoms in total. The van der Waals surface area contributed by atoms with Crippen molar-refractivity contribution in [2.75, 3.05) is 18.5 Å². The van der Waals surface area contributed by atoms with E-state index in [1.165, 1.54) is 0 Å². The van der Waals surface area contributed by atoms with Gasteiger partial charge in [0.05, 0.1) is 16.3 Å². The second-order valence-corrected chi connectivity index (χ2v) is 5.97. The number of carbonyl (C=O) groups is 1. The second-order valence-electron chi connectivity index (χ2n) is 5.13. The second kappa shape index (κ2) is 4.88. The number of fused-ring (bicyclic) bond motifs is 1. The molecule has 0 saturated carbocycles. The van der Waals surface area contributed by atoms with Gasteiger partial charge in [0.2, 0.25) is 0 Å². The predicted octanol–water partition coefficient (Wildman–Crippen LogP) is 3.41. The molecule has 6 heteroatoms. The van der Waals surface area contributed by atoms with Gasteiger partial charge in [-0.25, -0.2) is 4.79 Å². The Morgan fingerprint density at radius 2 is 2.20 bits per heavy atom. The summed E-state index contributed by atoms with van der Waals surface area (Å²) in [5.41, 5.74) is 1.97. The van der Waals surface area contributed by atoms with Crippen LogP contribution >= 0.6 is 23.2 Å². The molecule has 20 heavy (non-hydrogen) atoms. The van der Waals surface area contributed by atoms with Gasteiger partial charge in [0.25, 0.3) is 0 Å². The Morgan fingerprint density at radius 3 is 2.90 bits per heavy atom. The Bertz CT molecular complexity index is 641. The average molecular weight is 311 g/mol. The van der Waals surface area contributed by atoms with E-state index in [9.17, 15) is 4.79 Å². The zero-order valence-electron chi connectivity index (χ0n) is 11.0. The summed E-state index contributed by atoms with van der Waals surface area (Å²) in [6.45, 7) is 0.830. The minimum atomic E-state index is -0.0631. The van der Waals surface area contributed by atoms with E-state index < -0.39 is 0 Å². The molecule has 2 aliphatic rings. The predicted molar refractivity (Wildman–Crippen MR) is 80.8 cm³/mol. The van der Waals surface area contributed by atoms with Gasteiger partial charge in [-0.2, -0.15) is 0 Å². The number of hydrogen-bond acceptors (Lipinski definition) is 3. The standard InChI is InChI=1S/C14H14Cl2N3O/c1-19(9-20)8-10-3-2-6-18(14(10)17-19)13-5-4-11(15)7-12(13)16/h4-5,7-9H,2-3,6H2,1H3/q+1. The van der Waals surface area contributed by atoms with Crippen molar-refractivity contribution in [3.63, 3.8) is 0 Å². The molecule has 2 aliphatic heterocycles. The van der Waals surface area contributed by atoms with Gasteiger partial charge in [-0.15, -0.1) is 4.59 Å². The summed E-state index contributed by atoms with van der Waals surface area (Å²) >= 11 is 12.2. The maximum atomic E-state index is 11.2. The molecular formula is C14H14Cl2N3O+. The highest BCUT2D eigenvalue weighted by molar-refractivity contribution is 6.37. The van der Waals surface area contributed by atoms with Crippen LogP contribution in [0.3, 0.4) is 0 Å². The molecule has 1 amide bonds. The fraction of sp³-hybridized carbons (Fsp3) is 0.286. The Balaban J connectivity index is 2.04. The number of halogens is 2. The number of carbonyl (C=O) groups excluding carboxylic acids is 1. The molecule has 1 saturated heterocycles. The quantitative estimate of drug-likeness (QED) is 0.619. The molecule has 1 aromatic carbocycles. The van der Waals surface area contributed by atoms with Crippen molar-refractivity contribution in [2.24, 2.45) is 5.10 Å². The molecule has 0 bridgehead atoms. The van der Waals surface area contributed by atoms with Crippen molar-refractivity contribution < 1.29 is 9.39 Å². The van der Waals surface area contributed by atoms with Crippen molar-refractivity contribution >= 4 is 41.1 Å². The first-order valence-electron chi connectivity index (χ1n) is 6.39. The minimum Gasteiger partial charge on any atom is -0.320 e. The number of piperidine rings is 1. The number of amidine groups is 1. The first-order chi connectivity index (χ1) is 9.52. The molecule has 3 rings (SSSR count). The van der Waals surface area contributed by atoms with Gasteiger partial charge in [-0.1, -0.05) is 28.3 Å². The van der Waals surface area contributed by atoms with Crippen molar-refractivity contribution in [3.8, 4) is 0 Å². The van der Waals surface area contributed by atoms with E-state index in [1.54, 1.807) is 13.1 Å². The summed E-state index contributed by atoms with van der Waals surface area (Å²) < 4.78 is -0.0631. The van der Waals surface area contributed by atoms with E-state index in [1.807, 2.05) is 18.3 Å². The Kier molecular flexibility index (Phi) is 3.32. The van der Waals surface area contributed by atoms with Gasteiger partial charge in [0.15, 0.2) is 5.84 Å². The first kappa shape index (κ1) is 13.6. The normalized spacial score (nSPS) is 25.1. The Labute approximate surface area is 127 Å². The molecule has 1 atom stereocenters. The molecule has 2 heterocycles. The molecule has 0 N–H and O–H groups in total. The van der Waals surface area contributed by atoms with Crippen LogP contribution in [0.1, 0.15) is 12.8 Å². The van der Waals surface area contributed by atoms with Crippen molar-refractivity contribution in [1.82, 2.24) is 0 Å². The van der Waals surface area contributed by atoms with E-state index in [2.05, 4.69) is 10.0 Å². The van der Waals surface area contributed by atoms with E-state index in [0.29, 0.717) is 10.0 Å². The molecular weight excluding hydrogens is 297 g/mol. The summed E-state index contributed by atoms with van der Waals surface area (Å²) in [6.07, 6.45) is 4.64. The van der Waals surface area contributed by atoms with Crippen LogP contribution in [0.5, 0.6) is 0 Å². The lowest BCUT2D eigenvalue weighted by Crippen LogP contribution is -2.37. The van der Waals surface area contributed by atoms with Crippen molar-refractivity contribution in [1.29, 1.82) is 0 Å². The molecule has 0 aromatic heterocycles. The largest absolute Gasteiger partial charge is 0.332 e. The first-order valence-corrected chi connectivity index (χ1v) is 7.15. The number of quaternary nitrogens is 1. The zero-order chi connectivity index (χ0) is 14.3. The highest BCUT2D eigenvalue weighted by Gasteiger charge is 2.36. The van der Waals surface area contributed by atoms with Crippen molar-refractivity contribution in [2.45, 2.75) is 12.8 Å². The van der Waals surface area contributed by atoms with Crippen LogP contribution in [0.15, 0.2) is 35.1 Å². The fourth-order valence-corrected chi connectivity index (χ4v) is 3.11. The zero-order valence-corrected chi connectivity index (χ0v) is 12.5. The van der Waals surface area contributed by atoms with Gasteiger partial charge < -0.3 is 4.90 Å². The summed E-state index contributed by atoms with van der Waals surface area (Å²) in [4.78, 5) is 13.2. The van der Waals surface area contributed by atoms with Gasteiger partial charge in [-0.05, 0) is 31.0 Å². The molecule has 0 aliphatic carbocycles. The molecule has 0 radical (unpaired) electrons. The minimum absolute atomic E-state index is 0.0631. The summed E-state index contributed by atoms with van der Waals surface area (Å²) in [5.74, 6) is 0.829. The smallest absolute Gasteiger partial charge is 0.320 e. The van der Waals surface area contributed by atoms with E-state index in [-0.39, 0.29) is 4.59 Å². The van der Waals surface area contributed by atoms with Crippen LogP contribution in [-0.2, 0) is 4.79 Å². The molecule has 0 spiro atoms. The van der Waals surface area contributed by atoms with E-state index >= 15 is 0 Å². The summed E-state index contributed by atoms with van der Waals surface area (Å²) in [7, 11) is 1.76. The summed E-state index contributed by atoms with van der Waals surface area (Å²) in [6, 6.07) is 5.42. The SMILES string of the molecule is C[N+]1(C=O)C=C2CCCN(c3ccc(Cl)cc3Cl)C2=N1. The number of benzene rings is 1. The number of anilines is 1. The monoisotopic (exact) mass is 310 g/mol. The Hall–Kier alpha value is -1.36. The number of hydrogen-bond donors (Lipinski definition) is 0. The van der Waals surface area contributed by atoms with Gasteiger partial charge >= 0.3 is 6.41 Å². The highest BCUT2D eigenvalue weighted by atomic mass is 35.5. The number of rotatable bonds is 2. The summed E-state index contributed by atoms with van der Waals surface area (Å²) in [5, 5.41) is 5.71. The van der Waals surface area contributed by atoms with Gasteiger partial charge in [0.1, 0.15) is 13.2 Å². The van der Waals surface area contributed by atoms with Gasteiger partial charge in [0, 0.05) is 11.6 Å². The fourth-order valence-electron chi connectivity index (χ4n) is 2.60. The van der Waals surface area contributed by atoms with Crippen LogP contribution in [0.25, 0.3) is 0 Å². The van der Waals surface area contributed by atoms with Crippen LogP contribution in [0, 0.1) is 0 Å². The topological polar surface area (TPSA) is 32.7 Å². The average Bonchev–Trinajstić information content (AvgIpc) is 2.76. The number of nitrogens with zero attached hydrogens (tertiary/aromatic N) is 3. The highest BCUT2D eigenvalue weighted by Crippen LogP contribution is 2.35. The maximum Gasteiger partial charge on any atom is 0.332 e.